The van der Waals surface area contributed by atoms with Gasteiger partial charge >= 0.3 is 6.09 Å². The molecular weight excluding hydrogens is 239 g/mol. The van der Waals surface area contributed by atoms with E-state index in [1.807, 2.05) is 60.7 Å². The smallest absolute Gasteiger partial charge is 0.410 e. The molecule has 1 heterocycles. The number of ether oxygens (including phenoxy) is 1. The Hall–Kier alpha value is -2.29. The van der Waals surface area contributed by atoms with Crippen molar-refractivity contribution in [3.8, 4) is 0 Å². The fourth-order valence-electron chi connectivity index (χ4n) is 2.28. The second kappa shape index (κ2) is 5.14. The monoisotopic (exact) mass is 254 g/mol. The van der Waals surface area contributed by atoms with E-state index in [1.54, 1.807) is 4.90 Å². The van der Waals surface area contributed by atoms with Crippen molar-refractivity contribution in [2.75, 3.05) is 6.54 Å². The minimum atomic E-state index is -0.238. The zero-order valence-corrected chi connectivity index (χ0v) is 10.5. The lowest BCUT2D eigenvalue weighted by Crippen LogP contribution is -2.23. The highest BCUT2D eigenvalue weighted by Gasteiger charge is 2.31. The Bertz CT molecular complexity index is 553. The molecule has 19 heavy (non-hydrogen) atoms. The van der Waals surface area contributed by atoms with Crippen LogP contribution in [0.5, 0.6) is 0 Å². The summed E-state index contributed by atoms with van der Waals surface area (Å²) in [7, 11) is 0. The van der Waals surface area contributed by atoms with Crippen LogP contribution in [0.3, 0.4) is 0 Å². The summed E-state index contributed by atoms with van der Waals surface area (Å²) in [6.45, 7) is 1.21. The first-order valence-electron chi connectivity index (χ1n) is 6.37. The van der Waals surface area contributed by atoms with E-state index < -0.39 is 0 Å². The lowest BCUT2D eigenvalue weighted by Gasteiger charge is -2.12. The highest BCUT2D eigenvalue weighted by atomic mass is 16.7. The minimum absolute atomic E-state index is 0.155. The molecule has 1 aliphatic rings. The van der Waals surface area contributed by atoms with Crippen molar-refractivity contribution in [1.29, 1.82) is 0 Å². The molecule has 0 bridgehead atoms. The molecule has 1 unspecified atom stereocenters. The summed E-state index contributed by atoms with van der Waals surface area (Å²) in [6, 6.07) is 19.8. The van der Waals surface area contributed by atoms with Crippen LogP contribution in [0.4, 0.5) is 4.79 Å². The van der Waals surface area contributed by atoms with Crippen molar-refractivity contribution in [2.45, 2.75) is 12.6 Å². The normalized spacial score (nSPS) is 18.4. The molecule has 0 spiro atoms. The first-order chi connectivity index (χ1) is 9.33. The third kappa shape index (κ3) is 2.60. The van der Waals surface area contributed by atoms with Gasteiger partial charge in [0.2, 0.25) is 0 Å². The van der Waals surface area contributed by atoms with Crippen LogP contribution in [0.2, 0.25) is 0 Å². The first kappa shape index (κ1) is 11.8. The zero-order chi connectivity index (χ0) is 13.1. The molecule has 0 aliphatic carbocycles. The second-order valence-corrected chi connectivity index (χ2v) is 4.65. The summed E-state index contributed by atoms with van der Waals surface area (Å²) >= 11 is 0. The van der Waals surface area contributed by atoms with E-state index in [1.165, 1.54) is 0 Å². The van der Waals surface area contributed by atoms with Gasteiger partial charge in [-0.3, -0.25) is 4.90 Å². The molecule has 1 aliphatic heterocycles. The van der Waals surface area contributed by atoms with Gasteiger partial charge in [-0.15, -0.1) is 0 Å². The molecule has 2 aromatic carbocycles. The number of hydrogen-bond donors (Lipinski definition) is 0. The molecule has 3 heteroatoms. The van der Waals surface area contributed by atoms with E-state index in [-0.39, 0.29) is 12.2 Å². The summed E-state index contributed by atoms with van der Waals surface area (Å²) < 4.78 is 5.42. The molecule has 0 aromatic heterocycles. The summed E-state index contributed by atoms with van der Waals surface area (Å²) in [6.07, 6.45) is -0.393. The Morgan fingerprint density at radius 1 is 1.00 bits per heavy atom. The summed E-state index contributed by atoms with van der Waals surface area (Å²) in [4.78, 5) is 13.6. The fraction of sp³-hybridized carbons (Fsp3) is 0.188. The van der Waals surface area contributed by atoms with Crippen molar-refractivity contribution in [1.82, 2.24) is 4.90 Å². The summed E-state index contributed by atoms with van der Waals surface area (Å²) in [5, 5.41) is 0. The maximum Gasteiger partial charge on any atom is 0.410 e. The van der Waals surface area contributed by atoms with E-state index in [0.29, 0.717) is 13.1 Å². The van der Waals surface area contributed by atoms with Crippen LogP contribution in [0.25, 0.3) is 0 Å². The zero-order valence-electron chi connectivity index (χ0n) is 10.5. The Balaban J connectivity index is 1.71. The van der Waals surface area contributed by atoms with E-state index >= 15 is 0 Å². The van der Waals surface area contributed by atoms with Crippen LogP contribution in [0.1, 0.15) is 17.2 Å². The SMILES string of the molecule is O=[13C]1OC(c2ccccc2)CN1Cc1ccccc1. The molecule has 1 fully saturated rings. The number of carbonyl (C=O) groups excluding carboxylic acids is 1. The standard InChI is InChI=1S/C16H15NO2/c18-16-17(11-13-7-3-1-4-8-13)12-15(19-16)14-9-5-2-6-10-14/h1-10,15H,11-12H2/i16+1. The van der Waals surface area contributed by atoms with E-state index in [9.17, 15) is 4.79 Å². The number of amides is 1. The molecular formula is C16H15NO2. The topological polar surface area (TPSA) is 29.5 Å². The van der Waals surface area contributed by atoms with Crippen molar-refractivity contribution in [2.24, 2.45) is 0 Å². The van der Waals surface area contributed by atoms with E-state index in [4.69, 9.17) is 4.74 Å². The Morgan fingerprint density at radius 2 is 1.63 bits per heavy atom. The lowest BCUT2D eigenvalue weighted by molar-refractivity contribution is 0.132. The number of benzene rings is 2. The molecule has 96 valence electrons. The van der Waals surface area contributed by atoms with Crippen LogP contribution in [-0.2, 0) is 11.3 Å². The molecule has 2 aromatic rings. The maximum atomic E-state index is 11.9. The van der Waals surface area contributed by atoms with Crippen LogP contribution in [-0.4, -0.2) is 17.5 Å². The first-order valence-corrected chi connectivity index (χ1v) is 6.37. The Morgan fingerprint density at radius 3 is 2.32 bits per heavy atom. The van der Waals surface area contributed by atoms with Gasteiger partial charge in [0, 0.05) is 6.54 Å². The predicted molar refractivity (Wildman–Crippen MR) is 72.5 cm³/mol. The molecule has 0 saturated carbocycles. The number of carbonyl (C=O) groups is 1. The molecule has 1 saturated heterocycles. The van der Waals surface area contributed by atoms with Crippen molar-refractivity contribution >= 4 is 6.09 Å². The Kier molecular flexibility index (Phi) is 3.19. The van der Waals surface area contributed by atoms with Crippen molar-refractivity contribution in [3.63, 3.8) is 0 Å². The second-order valence-electron chi connectivity index (χ2n) is 4.65. The predicted octanol–water partition coefficient (Wildman–Crippen LogP) is 3.38. The number of hydrogen-bond acceptors (Lipinski definition) is 2. The van der Waals surface area contributed by atoms with Crippen LogP contribution >= 0.6 is 0 Å². The molecule has 3 rings (SSSR count). The van der Waals surface area contributed by atoms with Gasteiger partial charge in [0.15, 0.2) is 0 Å². The quantitative estimate of drug-likeness (QED) is 0.786. The van der Waals surface area contributed by atoms with Gasteiger partial charge in [-0.05, 0) is 11.1 Å². The summed E-state index contributed by atoms with van der Waals surface area (Å²) in [5.74, 6) is 0. The Labute approximate surface area is 112 Å². The van der Waals surface area contributed by atoms with Crippen LogP contribution < -0.4 is 0 Å². The highest BCUT2D eigenvalue weighted by Crippen LogP contribution is 2.26. The summed E-state index contributed by atoms with van der Waals surface area (Å²) in [5.41, 5.74) is 2.17. The van der Waals surface area contributed by atoms with Crippen molar-refractivity contribution in [3.05, 3.63) is 71.8 Å². The van der Waals surface area contributed by atoms with Gasteiger partial charge in [0.25, 0.3) is 0 Å². The molecule has 1 atom stereocenters. The average Bonchev–Trinajstić information content (AvgIpc) is 2.82. The number of rotatable bonds is 3. The van der Waals surface area contributed by atoms with E-state index in [0.717, 1.165) is 11.1 Å². The fourth-order valence-corrected chi connectivity index (χ4v) is 2.28. The number of cyclic esters (lactones) is 1. The van der Waals surface area contributed by atoms with Gasteiger partial charge in [-0.25, -0.2) is 4.79 Å². The van der Waals surface area contributed by atoms with Crippen molar-refractivity contribution < 1.29 is 9.53 Å². The van der Waals surface area contributed by atoms with E-state index in [2.05, 4.69) is 0 Å². The molecule has 3 nitrogen and oxygen atoms in total. The highest BCUT2D eigenvalue weighted by molar-refractivity contribution is 5.70. The lowest BCUT2D eigenvalue weighted by atomic mass is 10.1. The van der Waals surface area contributed by atoms with Gasteiger partial charge in [0.05, 0.1) is 6.54 Å². The molecule has 0 radical (unpaired) electrons. The van der Waals surface area contributed by atoms with Gasteiger partial charge in [0.1, 0.15) is 6.10 Å². The average molecular weight is 254 g/mol. The van der Waals surface area contributed by atoms with Gasteiger partial charge in [-0.2, -0.15) is 0 Å². The molecule has 0 N–H and O–H groups in total. The largest absolute Gasteiger partial charge is 0.439 e. The van der Waals surface area contributed by atoms with Gasteiger partial charge < -0.3 is 4.74 Å². The van der Waals surface area contributed by atoms with Crippen LogP contribution in [0, 0.1) is 0 Å². The van der Waals surface area contributed by atoms with Gasteiger partial charge in [-0.1, -0.05) is 60.7 Å². The van der Waals surface area contributed by atoms with Crippen LogP contribution in [0.15, 0.2) is 60.7 Å². The number of nitrogens with zero attached hydrogens (tertiary/aromatic N) is 1. The maximum absolute atomic E-state index is 11.9. The third-order valence-electron chi connectivity index (χ3n) is 3.28. The minimum Gasteiger partial charge on any atom is -0.439 e. The third-order valence-corrected chi connectivity index (χ3v) is 3.28. The molecule has 1 amide bonds.